The van der Waals surface area contributed by atoms with E-state index in [-0.39, 0.29) is 18.7 Å². The van der Waals surface area contributed by atoms with Gasteiger partial charge >= 0.3 is 12.1 Å². The summed E-state index contributed by atoms with van der Waals surface area (Å²) in [5.74, 6) is -0.365. The molecule has 0 aliphatic heterocycles. The summed E-state index contributed by atoms with van der Waals surface area (Å²) < 4.78 is 54.3. The van der Waals surface area contributed by atoms with E-state index in [1.807, 2.05) is 32.9 Å². The molecule has 0 saturated carbocycles. The standard InChI is InChI=1S/C35H62N2O12/c1-6-7-12-36-32-10-8-31(9-11-32)33(38)48-30-29-47-28-27-46-26-25-45-24-23-44-22-21-43-20-19-42-18-17-41-16-15-40-14-13-37(5)34(39)49-35(2,3)4/h8-11,36H,6-7,12-30H2,1-5H3. The van der Waals surface area contributed by atoms with E-state index < -0.39 is 5.60 Å². The highest BCUT2D eigenvalue weighted by atomic mass is 16.6. The first-order valence-corrected chi connectivity index (χ1v) is 17.3. The first kappa shape index (κ1) is 44.5. The summed E-state index contributed by atoms with van der Waals surface area (Å²) >= 11 is 0. The third kappa shape index (κ3) is 27.9. The number of nitrogens with one attached hydrogen (secondary N) is 1. The second kappa shape index (κ2) is 30.3. The van der Waals surface area contributed by atoms with Gasteiger partial charge < -0.3 is 57.6 Å². The van der Waals surface area contributed by atoms with E-state index in [1.165, 1.54) is 4.90 Å². The smallest absolute Gasteiger partial charge is 0.410 e. The maximum atomic E-state index is 12.1. The van der Waals surface area contributed by atoms with Crippen molar-refractivity contribution in [3.8, 4) is 0 Å². The van der Waals surface area contributed by atoms with Gasteiger partial charge in [0, 0.05) is 25.8 Å². The zero-order valence-electron chi connectivity index (χ0n) is 30.5. The molecule has 1 amide bonds. The number of carbonyl (C=O) groups is 2. The molecule has 0 bridgehead atoms. The minimum atomic E-state index is -0.514. The van der Waals surface area contributed by atoms with Crippen LogP contribution in [-0.2, 0) is 47.4 Å². The van der Waals surface area contributed by atoms with E-state index in [9.17, 15) is 9.59 Å². The summed E-state index contributed by atoms with van der Waals surface area (Å²) in [4.78, 5) is 25.5. The van der Waals surface area contributed by atoms with Crippen LogP contribution < -0.4 is 5.32 Å². The van der Waals surface area contributed by atoms with Gasteiger partial charge in [0.2, 0.25) is 0 Å². The van der Waals surface area contributed by atoms with Crippen LogP contribution in [0.3, 0.4) is 0 Å². The molecule has 1 N–H and O–H groups in total. The Labute approximate surface area is 293 Å². The predicted octanol–water partition coefficient (Wildman–Crippen LogP) is 4.06. The molecule has 0 aliphatic rings. The molecule has 0 spiro atoms. The van der Waals surface area contributed by atoms with Gasteiger partial charge in [-0.05, 0) is 51.5 Å². The molecule has 0 aliphatic carbocycles. The molecule has 0 saturated heterocycles. The zero-order valence-corrected chi connectivity index (χ0v) is 30.5. The molecule has 0 aromatic heterocycles. The lowest BCUT2D eigenvalue weighted by atomic mass is 10.2. The number of likely N-dealkylation sites (N-methyl/N-ethyl adjacent to an activating group) is 1. The van der Waals surface area contributed by atoms with Crippen molar-refractivity contribution in [2.24, 2.45) is 0 Å². The molecular formula is C35H62N2O12. The summed E-state index contributed by atoms with van der Waals surface area (Å²) in [6.07, 6.45) is 1.87. The van der Waals surface area contributed by atoms with Crippen LogP contribution in [0.2, 0.25) is 0 Å². The van der Waals surface area contributed by atoms with Crippen LogP contribution in [-0.4, -0.2) is 155 Å². The maximum absolute atomic E-state index is 12.1. The number of carbonyl (C=O) groups excluding carboxylic acids is 2. The number of hydrogen-bond donors (Lipinski definition) is 1. The normalized spacial score (nSPS) is 11.4. The van der Waals surface area contributed by atoms with Gasteiger partial charge in [-0.25, -0.2) is 9.59 Å². The monoisotopic (exact) mass is 702 g/mol. The topological polar surface area (TPSA) is 142 Å². The number of ether oxygens (including phenoxy) is 10. The fourth-order valence-corrected chi connectivity index (χ4v) is 3.68. The van der Waals surface area contributed by atoms with Crippen molar-refractivity contribution < 1.29 is 57.0 Å². The molecule has 1 rings (SSSR count). The van der Waals surface area contributed by atoms with Crippen LogP contribution in [0.5, 0.6) is 0 Å². The number of unbranched alkanes of at least 4 members (excludes halogenated alkanes) is 1. The van der Waals surface area contributed by atoms with Crippen LogP contribution in [0.4, 0.5) is 10.5 Å². The van der Waals surface area contributed by atoms with Crippen LogP contribution in [0, 0.1) is 0 Å². The van der Waals surface area contributed by atoms with Crippen LogP contribution >= 0.6 is 0 Å². The van der Waals surface area contributed by atoms with Gasteiger partial charge in [-0.3, -0.25) is 0 Å². The number of nitrogens with zero attached hydrogens (tertiary/aromatic N) is 1. The van der Waals surface area contributed by atoms with Crippen LogP contribution in [0.15, 0.2) is 24.3 Å². The van der Waals surface area contributed by atoms with Gasteiger partial charge in [-0.2, -0.15) is 0 Å². The summed E-state index contributed by atoms with van der Waals surface area (Å²) in [5.41, 5.74) is 0.995. The van der Waals surface area contributed by atoms with Gasteiger partial charge in [0.25, 0.3) is 0 Å². The number of anilines is 1. The molecule has 14 nitrogen and oxygen atoms in total. The third-order valence-corrected chi connectivity index (χ3v) is 6.32. The van der Waals surface area contributed by atoms with Crippen molar-refractivity contribution in [1.29, 1.82) is 0 Å². The molecule has 0 unspecified atom stereocenters. The Morgan fingerprint density at radius 2 is 1.00 bits per heavy atom. The van der Waals surface area contributed by atoms with Crippen molar-refractivity contribution >= 4 is 17.7 Å². The van der Waals surface area contributed by atoms with Gasteiger partial charge in [0.15, 0.2) is 0 Å². The van der Waals surface area contributed by atoms with Crippen LogP contribution in [0.1, 0.15) is 50.9 Å². The Bertz CT molecular complexity index is 930. The minimum Gasteiger partial charge on any atom is -0.460 e. The average molecular weight is 703 g/mol. The number of benzene rings is 1. The van der Waals surface area contributed by atoms with Gasteiger partial charge in [-0.15, -0.1) is 0 Å². The molecule has 1 aromatic carbocycles. The van der Waals surface area contributed by atoms with Crippen molar-refractivity contribution in [2.75, 3.05) is 138 Å². The fraction of sp³-hybridized carbons (Fsp3) is 0.771. The van der Waals surface area contributed by atoms with Gasteiger partial charge in [-0.1, -0.05) is 13.3 Å². The molecule has 1 aromatic rings. The highest BCUT2D eigenvalue weighted by Gasteiger charge is 2.19. The molecule has 284 valence electrons. The Morgan fingerprint density at radius 3 is 1.39 bits per heavy atom. The first-order valence-electron chi connectivity index (χ1n) is 17.3. The lowest BCUT2D eigenvalue weighted by Crippen LogP contribution is -2.36. The Balaban J connectivity index is 1.75. The van der Waals surface area contributed by atoms with Crippen molar-refractivity contribution in [2.45, 2.75) is 46.1 Å². The second-order valence-corrected chi connectivity index (χ2v) is 11.8. The summed E-state index contributed by atoms with van der Waals surface area (Å²) in [6, 6.07) is 7.28. The summed E-state index contributed by atoms with van der Waals surface area (Å²) in [7, 11) is 1.68. The van der Waals surface area contributed by atoms with Gasteiger partial charge in [0.05, 0.1) is 111 Å². The number of esters is 1. The number of amides is 1. The lowest BCUT2D eigenvalue weighted by molar-refractivity contribution is -0.0248. The highest BCUT2D eigenvalue weighted by Crippen LogP contribution is 2.11. The van der Waals surface area contributed by atoms with E-state index in [0.717, 1.165) is 25.1 Å². The SMILES string of the molecule is CCCCNc1ccc(C(=O)OCCOCCOCCOCCOCCOCCOCCOCCOCCN(C)C(=O)OC(C)(C)C)cc1. The van der Waals surface area contributed by atoms with E-state index in [2.05, 4.69) is 12.2 Å². The summed E-state index contributed by atoms with van der Waals surface area (Å²) in [6.45, 7) is 16.4. The summed E-state index contributed by atoms with van der Waals surface area (Å²) in [5, 5.41) is 3.32. The van der Waals surface area contributed by atoms with E-state index in [1.54, 1.807) is 19.2 Å². The Kier molecular flexibility index (Phi) is 27.5. The quantitative estimate of drug-likeness (QED) is 0.0853. The second-order valence-electron chi connectivity index (χ2n) is 11.8. The van der Waals surface area contributed by atoms with E-state index in [0.29, 0.717) is 118 Å². The van der Waals surface area contributed by atoms with E-state index >= 15 is 0 Å². The van der Waals surface area contributed by atoms with Crippen molar-refractivity contribution in [3.05, 3.63) is 29.8 Å². The molecule has 0 heterocycles. The minimum absolute atomic E-state index is 0.186. The van der Waals surface area contributed by atoms with Crippen LogP contribution in [0.25, 0.3) is 0 Å². The average Bonchev–Trinajstić information content (AvgIpc) is 3.07. The molecule has 14 heteroatoms. The Morgan fingerprint density at radius 1 is 0.612 bits per heavy atom. The zero-order chi connectivity index (χ0) is 35.8. The van der Waals surface area contributed by atoms with Crippen molar-refractivity contribution in [3.63, 3.8) is 0 Å². The molecular weight excluding hydrogens is 640 g/mol. The lowest BCUT2D eigenvalue weighted by Gasteiger charge is -2.24. The molecule has 0 radical (unpaired) electrons. The van der Waals surface area contributed by atoms with E-state index in [4.69, 9.17) is 47.4 Å². The highest BCUT2D eigenvalue weighted by molar-refractivity contribution is 5.89. The van der Waals surface area contributed by atoms with Gasteiger partial charge in [0.1, 0.15) is 12.2 Å². The van der Waals surface area contributed by atoms with Crippen molar-refractivity contribution in [1.82, 2.24) is 4.90 Å². The predicted molar refractivity (Wildman–Crippen MR) is 186 cm³/mol. The molecule has 0 fully saturated rings. The largest absolute Gasteiger partial charge is 0.460 e. The molecule has 0 atom stereocenters. The molecule has 49 heavy (non-hydrogen) atoms. The third-order valence-electron chi connectivity index (χ3n) is 6.32. The maximum Gasteiger partial charge on any atom is 0.410 e. The fourth-order valence-electron chi connectivity index (χ4n) is 3.68. The first-order chi connectivity index (χ1) is 23.7. The number of hydrogen-bond acceptors (Lipinski definition) is 13. The Hall–Kier alpha value is -2.56. The number of rotatable bonds is 32.